The maximum atomic E-state index is 11.6. The zero-order valence-electron chi connectivity index (χ0n) is 9.27. The summed E-state index contributed by atoms with van der Waals surface area (Å²) in [4.78, 5) is 34.0. The van der Waals surface area contributed by atoms with Crippen LogP contribution in [-0.4, -0.2) is 46.9 Å². The molecule has 0 radical (unpaired) electrons. The van der Waals surface area contributed by atoms with Gasteiger partial charge in [0.2, 0.25) is 11.8 Å². The van der Waals surface area contributed by atoms with Crippen molar-refractivity contribution >= 4 is 17.8 Å². The van der Waals surface area contributed by atoms with Crippen molar-refractivity contribution in [2.75, 3.05) is 7.05 Å². The minimum Gasteiger partial charge on any atom is -0.480 e. The van der Waals surface area contributed by atoms with E-state index in [1.165, 1.54) is 27.8 Å². The monoisotopic (exact) mass is 216 g/mol. The van der Waals surface area contributed by atoms with Gasteiger partial charge in [-0.15, -0.1) is 0 Å². The van der Waals surface area contributed by atoms with Gasteiger partial charge in [-0.1, -0.05) is 0 Å². The van der Waals surface area contributed by atoms with Crippen LogP contribution in [0.5, 0.6) is 0 Å². The van der Waals surface area contributed by atoms with E-state index >= 15 is 0 Å². The van der Waals surface area contributed by atoms with E-state index in [9.17, 15) is 14.4 Å². The first-order chi connectivity index (χ1) is 6.77. The molecular formula is C9H16N2O4. The Labute approximate surface area is 88.2 Å². The van der Waals surface area contributed by atoms with Gasteiger partial charge < -0.3 is 15.3 Å². The van der Waals surface area contributed by atoms with Crippen LogP contribution in [-0.2, 0) is 14.4 Å². The highest BCUT2D eigenvalue weighted by atomic mass is 16.4. The van der Waals surface area contributed by atoms with E-state index in [4.69, 9.17) is 5.11 Å². The molecule has 0 aromatic heterocycles. The molecule has 6 nitrogen and oxygen atoms in total. The lowest BCUT2D eigenvalue weighted by atomic mass is 10.2. The molecule has 0 aromatic rings. The molecule has 2 atom stereocenters. The second kappa shape index (κ2) is 5.33. The van der Waals surface area contributed by atoms with Crippen molar-refractivity contribution in [1.29, 1.82) is 0 Å². The lowest BCUT2D eigenvalue weighted by Gasteiger charge is -2.24. The number of hydrogen-bond acceptors (Lipinski definition) is 3. The fraction of sp³-hybridized carbons (Fsp3) is 0.667. The predicted molar refractivity (Wildman–Crippen MR) is 53.1 cm³/mol. The number of carbonyl (C=O) groups excluding carboxylic acids is 2. The molecule has 0 aromatic carbocycles. The third-order valence-corrected chi connectivity index (χ3v) is 2.08. The number of nitrogens with zero attached hydrogens (tertiary/aromatic N) is 1. The summed E-state index contributed by atoms with van der Waals surface area (Å²) in [5.74, 6) is -1.84. The van der Waals surface area contributed by atoms with Crippen LogP contribution in [0.25, 0.3) is 0 Å². The molecule has 0 aliphatic rings. The quantitative estimate of drug-likeness (QED) is 0.659. The number of rotatable bonds is 4. The van der Waals surface area contributed by atoms with Gasteiger partial charge in [-0.2, -0.15) is 0 Å². The lowest BCUT2D eigenvalue weighted by molar-refractivity contribution is -0.149. The fourth-order valence-corrected chi connectivity index (χ4v) is 1.03. The highest BCUT2D eigenvalue weighted by Gasteiger charge is 2.25. The fourth-order valence-electron chi connectivity index (χ4n) is 1.03. The Morgan fingerprint density at radius 3 is 2.07 bits per heavy atom. The number of carboxylic acids is 1. The Morgan fingerprint density at radius 2 is 1.73 bits per heavy atom. The van der Waals surface area contributed by atoms with Crippen molar-refractivity contribution in [1.82, 2.24) is 10.2 Å². The van der Waals surface area contributed by atoms with Crippen molar-refractivity contribution in [3.8, 4) is 0 Å². The molecule has 0 bridgehead atoms. The van der Waals surface area contributed by atoms with Crippen LogP contribution < -0.4 is 5.32 Å². The standard InChI is InChI=1S/C9H16N2O4/c1-5(10-7(3)12)8(13)11(4)6(2)9(14)15/h5-6H,1-4H3,(H,10,12)(H,14,15). The highest BCUT2D eigenvalue weighted by Crippen LogP contribution is 1.99. The van der Waals surface area contributed by atoms with Gasteiger partial charge >= 0.3 is 5.97 Å². The van der Waals surface area contributed by atoms with Gasteiger partial charge in [0.05, 0.1) is 0 Å². The first kappa shape index (κ1) is 13.4. The normalized spacial score (nSPS) is 13.9. The summed E-state index contributed by atoms with van der Waals surface area (Å²) in [6.45, 7) is 4.21. The van der Waals surface area contributed by atoms with E-state index in [-0.39, 0.29) is 5.91 Å². The smallest absolute Gasteiger partial charge is 0.326 e. The molecule has 0 aliphatic carbocycles. The van der Waals surface area contributed by atoms with Crippen LogP contribution in [0.15, 0.2) is 0 Å². The summed E-state index contributed by atoms with van der Waals surface area (Å²) in [6, 6.07) is -1.62. The van der Waals surface area contributed by atoms with Gasteiger partial charge in [0.25, 0.3) is 0 Å². The molecule has 15 heavy (non-hydrogen) atoms. The average molecular weight is 216 g/mol. The van der Waals surface area contributed by atoms with Gasteiger partial charge in [-0.05, 0) is 13.8 Å². The molecule has 86 valence electrons. The van der Waals surface area contributed by atoms with E-state index in [2.05, 4.69) is 5.32 Å². The van der Waals surface area contributed by atoms with Crippen LogP contribution >= 0.6 is 0 Å². The lowest BCUT2D eigenvalue weighted by Crippen LogP contribution is -2.49. The Hall–Kier alpha value is -1.59. The number of hydrogen-bond donors (Lipinski definition) is 2. The van der Waals surface area contributed by atoms with Crippen LogP contribution in [0.1, 0.15) is 20.8 Å². The molecule has 0 saturated carbocycles. The van der Waals surface area contributed by atoms with Crippen LogP contribution in [0.2, 0.25) is 0 Å². The molecular weight excluding hydrogens is 200 g/mol. The van der Waals surface area contributed by atoms with Gasteiger partial charge in [0, 0.05) is 14.0 Å². The van der Waals surface area contributed by atoms with E-state index in [1.807, 2.05) is 0 Å². The van der Waals surface area contributed by atoms with Crippen molar-refractivity contribution < 1.29 is 19.5 Å². The molecule has 6 heteroatoms. The highest BCUT2D eigenvalue weighted by molar-refractivity contribution is 5.89. The summed E-state index contributed by atoms with van der Waals surface area (Å²) in [6.07, 6.45) is 0. The van der Waals surface area contributed by atoms with E-state index < -0.39 is 24.0 Å². The third kappa shape index (κ3) is 3.97. The Morgan fingerprint density at radius 1 is 1.27 bits per heavy atom. The Bertz CT molecular complexity index is 277. The summed E-state index contributed by atoms with van der Waals surface area (Å²) in [5.41, 5.74) is 0. The summed E-state index contributed by atoms with van der Waals surface area (Å²) < 4.78 is 0. The summed E-state index contributed by atoms with van der Waals surface area (Å²) >= 11 is 0. The topological polar surface area (TPSA) is 86.7 Å². The summed E-state index contributed by atoms with van der Waals surface area (Å²) in [5, 5.41) is 11.1. The largest absolute Gasteiger partial charge is 0.480 e. The Kier molecular flexibility index (Phi) is 4.77. The second-order valence-corrected chi connectivity index (χ2v) is 3.39. The zero-order chi connectivity index (χ0) is 12.2. The zero-order valence-corrected chi connectivity index (χ0v) is 9.27. The Balaban J connectivity index is 4.43. The predicted octanol–water partition coefficient (Wildman–Crippen LogP) is -0.557. The van der Waals surface area contributed by atoms with E-state index in [0.29, 0.717) is 0 Å². The van der Waals surface area contributed by atoms with Gasteiger partial charge in [-0.3, -0.25) is 9.59 Å². The maximum absolute atomic E-state index is 11.6. The van der Waals surface area contributed by atoms with E-state index in [1.54, 1.807) is 0 Å². The number of likely N-dealkylation sites (N-methyl/N-ethyl adjacent to an activating group) is 1. The SMILES string of the molecule is CC(=O)NC(C)C(=O)N(C)C(C)C(=O)O. The van der Waals surface area contributed by atoms with Crippen molar-refractivity contribution in [3.05, 3.63) is 0 Å². The van der Waals surface area contributed by atoms with Crippen molar-refractivity contribution in [3.63, 3.8) is 0 Å². The van der Waals surface area contributed by atoms with Gasteiger partial charge in [0.1, 0.15) is 12.1 Å². The van der Waals surface area contributed by atoms with Gasteiger partial charge in [-0.25, -0.2) is 4.79 Å². The third-order valence-electron chi connectivity index (χ3n) is 2.08. The van der Waals surface area contributed by atoms with Crippen LogP contribution in [0, 0.1) is 0 Å². The van der Waals surface area contributed by atoms with Crippen molar-refractivity contribution in [2.24, 2.45) is 0 Å². The molecule has 0 heterocycles. The van der Waals surface area contributed by atoms with Crippen molar-refractivity contribution in [2.45, 2.75) is 32.9 Å². The average Bonchev–Trinajstić information content (AvgIpc) is 2.13. The minimum absolute atomic E-state index is 0.327. The first-order valence-corrected chi connectivity index (χ1v) is 4.54. The number of carboxylic acid groups (broad SMARTS) is 1. The number of amides is 2. The van der Waals surface area contributed by atoms with Crippen LogP contribution in [0.4, 0.5) is 0 Å². The minimum atomic E-state index is -1.08. The number of nitrogens with one attached hydrogen (secondary N) is 1. The molecule has 0 saturated heterocycles. The molecule has 2 amide bonds. The maximum Gasteiger partial charge on any atom is 0.326 e. The molecule has 0 aliphatic heterocycles. The molecule has 0 spiro atoms. The molecule has 2 unspecified atom stereocenters. The van der Waals surface area contributed by atoms with Gasteiger partial charge in [0.15, 0.2) is 0 Å². The molecule has 0 rings (SSSR count). The molecule has 2 N–H and O–H groups in total. The number of carbonyl (C=O) groups is 3. The van der Waals surface area contributed by atoms with Crippen LogP contribution in [0.3, 0.4) is 0 Å². The van der Waals surface area contributed by atoms with E-state index in [0.717, 1.165) is 4.90 Å². The molecule has 0 fully saturated rings. The summed E-state index contributed by atoms with van der Waals surface area (Å²) in [7, 11) is 1.39. The first-order valence-electron chi connectivity index (χ1n) is 4.54. The number of aliphatic carboxylic acids is 1. The second-order valence-electron chi connectivity index (χ2n) is 3.39.